The van der Waals surface area contributed by atoms with Gasteiger partial charge in [-0.05, 0) is 43.0 Å². The Balaban J connectivity index is 1.66. The van der Waals surface area contributed by atoms with Gasteiger partial charge in [-0.15, -0.1) is 0 Å². The molecule has 0 unspecified atom stereocenters. The topological polar surface area (TPSA) is 105 Å². The maximum Gasteiger partial charge on any atom is 0.329 e. The van der Waals surface area contributed by atoms with E-state index in [0.717, 1.165) is 25.9 Å². The average molecular weight is 448 g/mol. The number of halogens is 1. The molecule has 0 saturated carbocycles. The molecular formula is C21H26ClN5O4. The fourth-order valence-corrected chi connectivity index (χ4v) is 4.12. The number of nitrogens with one attached hydrogen (secondary N) is 1. The summed E-state index contributed by atoms with van der Waals surface area (Å²) in [5.74, 6) is 1.66. The quantitative estimate of drug-likeness (QED) is 0.596. The van der Waals surface area contributed by atoms with Crippen molar-refractivity contribution in [3.05, 3.63) is 50.1 Å². The predicted octanol–water partition coefficient (Wildman–Crippen LogP) is 1.75. The van der Waals surface area contributed by atoms with Crippen LogP contribution >= 0.6 is 11.6 Å². The third-order valence-corrected chi connectivity index (χ3v) is 5.83. The molecule has 0 bridgehead atoms. The lowest BCUT2D eigenvalue weighted by molar-refractivity contribution is 0.0935. The first kappa shape index (κ1) is 21.5. The monoisotopic (exact) mass is 447 g/mol. The van der Waals surface area contributed by atoms with E-state index < -0.39 is 17.4 Å². The van der Waals surface area contributed by atoms with Crippen molar-refractivity contribution in [2.24, 2.45) is 13.0 Å². The zero-order valence-electron chi connectivity index (χ0n) is 17.5. The molecular weight excluding hydrogens is 422 g/mol. The van der Waals surface area contributed by atoms with Crippen LogP contribution in [0.3, 0.4) is 0 Å². The average Bonchev–Trinajstić information content (AvgIpc) is 3.11. The second kappa shape index (κ2) is 8.76. The molecule has 0 radical (unpaired) electrons. The van der Waals surface area contributed by atoms with Crippen molar-refractivity contribution < 1.29 is 9.84 Å². The Morgan fingerprint density at radius 3 is 2.77 bits per heavy atom. The number of aromatic amines is 1. The predicted molar refractivity (Wildman–Crippen MR) is 119 cm³/mol. The highest BCUT2D eigenvalue weighted by Crippen LogP contribution is 2.25. The molecule has 1 saturated heterocycles. The first-order valence-electron chi connectivity index (χ1n) is 10.3. The van der Waals surface area contributed by atoms with Gasteiger partial charge < -0.3 is 19.3 Å². The van der Waals surface area contributed by atoms with Crippen LogP contribution in [0.25, 0.3) is 11.2 Å². The van der Waals surface area contributed by atoms with Crippen molar-refractivity contribution in [2.75, 3.05) is 24.6 Å². The maximum absolute atomic E-state index is 12.7. The van der Waals surface area contributed by atoms with Gasteiger partial charge in [0.05, 0.1) is 6.54 Å². The summed E-state index contributed by atoms with van der Waals surface area (Å²) < 4.78 is 8.68. The van der Waals surface area contributed by atoms with Crippen molar-refractivity contribution >= 4 is 28.7 Å². The minimum Gasteiger partial charge on any atom is -0.491 e. The minimum atomic E-state index is -0.898. The molecule has 1 fully saturated rings. The number of anilines is 1. The van der Waals surface area contributed by atoms with Crippen LogP contribution in [0.5, 0.6) is 5.75 Å². The number of hydrogen-bond donors (Lipinski definition) is 2. The number of benzene rings is 1. The lowest BCUT2D eigenvalue weighted by Crippen LogP contribution is -2.37. The number of rotatable bonds is 6. The summed E-state index contributed by atoms with van der Waals surface area (Å²) in [6.45, 7) is 3.91. The van der Waals surface area contributed by atoms with Crippen LogP contribution in [0.2, 0.25) is 5.02 Å². The molecule has 2 atom stereocenters. The summed E-state index contributed by atoms with van der Waals surface area (Å²) in [6.07, 6.45) is 1.25. The van der Waals surface area contributed by atoms with Crippen LogP contribution < -0.4 is 20.9 Å². The highest BCUT2D eigenvalue weighted by molar-refractivity contribution is 6.30. The lowest BCUT2D eigenvalue weighted by atomic mass is 10.0. The number of aryl methyl sites for hydroxylation is 1. The van der Waals surface area contributed by atoms with Gasteiger partial charge in [-0.1, -0.05) is 18.5 Å². The van der Waals surface area contributed by atoms with E-state index >= 15 is 0 Å². The van der Waals surface area contributed by atoms with Gasteiger partial charge in [0.25, 0.3) is 5.56 Å². The van der Waals surface area contributed by atoms with E-state index in [4.69, 9.17) is 16.3 Å². The molecule has 0 spiro atoms. The third kappa shape index (κ3) is 4.47. The second-order valence-corrected chi connectivity index (χ2v) is 8.56. The molecule has 9 nitrogen and oxygen atoms in total. The normalized spacial score (nSPS) is 17.8. The van der Waals surface area contributed by atoms with Gasteiger partial charge in [0.1, 0.15) is 18.5 Å². The molecule has 1 aliphatic rings. The number of piperidine rings is 1. The van der Waals surface area contributed by atoms with E-state index in [1.54, 1.807) is 35.9 Å². The largest absolute Gasteiger partial charge is 0.491 e. The molecule has 2 N–H and O–H groups in total. The fraction of sp³-hybridized carbons (Fsp3) is 0.476. The molecule has 1 aliphatic heterocycles. The highest BCUT2D eigenvalue weighted by Gasteiger charge is 2.26. The lowest BCUT2D eigenvalue weighted by Gasteiger charge is -2.32. The van der Waals surface area contributed by atoms with Gasteiger partial charge in [-0.3, -0.25) is 14.3 Å². The molecule has 3 aromatic rings. The van der Waals surface area contributed by atoms with Crippen LogP contribution in [0.4, 0.5) is 5.95 Å². The number of imidazole rings is 1. The number of aliphatic hydroxyl groups is 1. The number of ether oxygens (including phenoxy) is 1. The number of aromatic nitrogens is 4. The Labute approximate surface area is 183 Å². The van der Waals surface area contributed by atoms with Gasteiger partial charge in [0.15, 0.2) is 11.2 Å². The maximum atomic E-state index is 12.7. The Morgan fingerprint density at radius 2 is 2.06 bits per heavy atom. The van der Waals surface area contributed by atoms with Crippen LogP contribution in [-0.2, 0) is 13.6 Å². The third-order valence-electron chi connectivity index (χ3n) is 5.58. The van der Waals surface area contributed by atoms with Crippen molar-refractivity contribution in [1.29, 1.82) is 0 Å². The Bertz CT molecular complexity index is 1180. The van der Waals surface area contributed by atoms with Gasteiger partial charge in [0.2, 0.25) is 5.95 Å². The molecule has 1 aromatic carbocycles. The Kier molecular flexibility index (Phi) is 6.06. The summed E-state index contributed by atoms with van der Waals surface area (Å²) in [5, 5.41) is 11.3. The van der Waals surface area contributed by atoms with Gasteiger partial charge in [-0.2, -0.15) is 4.98 Å². The zero-order chi connectivity index (χ0) is 22.1. The van der Waals surface area contributed by atoms with E-state index in [2.05, 4.69) is 21.8 Å². The van der Waals surface area contributed by atoms with Crippen LogP contribution in [0.15, 0.2) is 33.9 Å². The van der Waals surface area contributed by atoms with E-state index in [9.17, 15) is 14.7 Å². The SMILES string of the molecule is C[C@@H]1CCCN(c2nc3c(c(=O)[nH]c(=O)n3C)n2C[C@H](O)COc2ccc(Cl)cc2)C1. The summed E-state index contributed by atoms with van der Waals surface area (Å²) in [7, 11) is 1.57. The standard InChI is InChI=1S/C21H26ClN5O4/c1-13-4-3-9-26(10-13)20-23-18-17(19(29)24-21(30)25(18)2)27(20)11-15(28)12-31-16-7-5-14(22)6-8-16/h5-8,13,15,28H,3-4,9-12H2,1-2H3,(H,24,29,30)/t13-,15+/m1/s1. The van der Waals surface area contributed by atoms with Crippen molar-refractivity contribution in [1.82, 2.24) is 19.1 Å². The molecule has 10 heteroatoms. The molecule has 0 amide bonds. The number of H-pyrrole nitrogens is 1. The molecule has 31 heavy (non-hydrogen) atoms. The first-order valence-corrected chi connectivity index (χ1v) is 10.7. The smallest absolute Gasteiger partial charge is 0.329 e. The van der Waals surface area contributed by atoms with E-state index in [1.807, 2.05) is 0 Å². The number of aliphatic hydroxyl groups excluding tert-OH is 1. The molecule has 3 heterocycles. The van der Waals surface area contributed by atoms with Crippen LogP contribution in [0, 0.1) is 5.92 Å². The number of hydrogen-bond acceptors (Lipinski definition) is 6. The second-order valence-electron chi connectivity index (χ2n) is 8.13. The summed E-state index contributed by atoms with van der Waals surface area (Å²) >= 11 is 5.89. The minimum absolute atomic E-state index is 0.0286. The molecule has 0 aliphatic carbocycles. The molecule has 4 rings (SSSR count). The van der Waals surface area contributed by atoms with Gasteiger partial charge in [0, 0.05) is 25.2 Å². The first-order chi connectivity index (χ1) is 14.8. The van der Waals surface area contributed by atoms with E-state index in [0.29, 0.717) is 28.3 Å². The highest BCUT2D eigenvalue weighted by atomic mass is 35.5. The van der Waals surface area contributed by atoms with Gasteiger partial charge in [-0.25, -0.2) is 4.79 Å². The molecule has 166 valence electrons. The van der Waals surface area contributed by atoms with Gasteiger partial charge >= 0.3 is 5.69 Å². The molecule has 2 aromatic heterocycles. The summed E-state index contributed by atoms with van der Waals surface area (Å²) in [6, 6.07) is 6.87. The fourth-order valence-electron chi connectivity index (χ4n) is 4.00. The van der Waals surface area contributed by atoms with Crippen LogP contribution in [-0.4, -0.2) is 50.0 Å². The van der Waals surface area contributed by atoms with Crippen molar-refractivity contribution in [2.45, 2.75) is 32.4 Å². The van der Waals surface area contributed by atoms with Crippen molar-refractivity contribution in [3.8, 4) is 5.75 Å². The zero-order valence-corrected chi connectivity index (χ0v) is 18.3. The summed E-state index contributed by atoms with van der Waals surface area (Å²) in [5.41, 5.74) is -0.478. The summed E-state index contributed by atoms with van der Waals surface area (Å²) in [4.78, 5) is 33.8. The number of fused-ring (bicyclic) bond motifs is 1. The van der Waals surface area contributed by atoms with Crippen molar-refractivity contribution in [3.63, 3.8) is 0 Å². The number of nitrogens with zero attached hydrogens (tertiary/aromatic N) is 4. The van der Waals surface area contributed by atoms with Crippen LogP contribution in [0.1, 0.15) is 19.8 Å². The Morgan fingerprint density at radius 1 is 1.32 bits per heavy atom. The van der Waals surface area contributed by atoms with E-state index in [1.165, 1.54) is 4.57 Å². The van der Waals surface area contributed by atoms with E-state index in [-0.39, 0.29) is 18.7 Å². The Hall–Kier alpha value is -2.78.